The summed E-state index contributed by atoms with van der Waals surface area (Å²) in [4.78, 5) is 23.3. The molecular weight excluding hydrogens is 240 g/mol. The first-order valence-corrected chi connectivity index (χ1v) is 6.55. The zero-order valence-electron chi connectivity index (χ0n) is 12.0. The predicted octanol–water partition coefficient (Wildman–Crippen LogP) is 1.81. The van der Waals surface area contributed by atoms with Crippen LogP contribution in [0.15, 0.2) is 18.2 Å². The zero-order valence-corrected chi connectivity index (χ0v) is 12.0. The molecule has 0 spiro atoms. The standard InChI is InChI=1S/C15H22N2O2/c1-10(2)14(18)16-8-9-17-15(19)13-7-5-6-11(3)12(13)4/h5-7,10H,8-9H2,1-4H3,(H,16,18)(H,17,19). The Labute approximate surface area is 114 Å². The molecule has 2 N–H and O–H groups in total. The van der Waals surface area contributed by atoms with Crippen molar-refractivity contribution in [1.29, 1.82) is 0 Å². The second-order valence-electron chi connectivity index (χ2n) is 4.95. The van der Waals surface area contributed by atoms with Crippen LogP contribution >= 0.6 is 0 Å². The van der Waals surface area contributed by atoms with Crippen molar-refractivity contribution >= 4 is 11.8 Å². The first kappa shape index (κ1) is 15.2. The number of rotatable bonds is 5. The number of benzene rings is 1. The van der Waals surface area contributed by atoms with E-state index in [0.29, 0.717) is 18.7 Å². The van der Waals surface area contributed by atoms with E-state index in [1.807, 2.05) is 45.9 Å². The molecule has 1 aromatic rings. The number of nitrogens with one attached hydrogen (secondary N) is 2. The Kier molecular flexibility index (Phi) is 5.55. The van der Waals surface area contributed by atoms with Gasteiger partial charge in [-0.3, -0.25) is 9.59 Å². The van der Waals surface area contributed by atoms with Gasteiger partial charge in [-0.05, 0) is 31.0 Å². The minimum Gasteiger partial charge on any atom is -0.354 e. The lowest BCUT2D eigenvalue weighted by molar-refractivity contribution is -0.123. The van der Waals surface area contributed by atoms with Gasteiger partial charge in [0.2, 0.25) is 5.91 Å². The smallest absolute Gasteiger partial charge is 0.251 e. The molecule has 4 nitrogen and oxygen atoms in total. The van der Waals surface area contributed by atoms with Gasteiger partial charge in [0.15, 0.2) is 0 Å². The van der Waals surface area contributed by atoms with Crippen molar-refractivity contribution in [2.24, 2.45) is 5.92 Å². The summed E-state index contributed by atoms with van der Waals surface area (Å²) in [6.45, 7) is 8.48. The summed E-state index contributed by atoms with van der Waals surface area (Å²) in [5.41, 5.74) is 2.78. The van der Waals surface area contributed by atoms with E-state index in [9.17, 15) is 9.59 Å². The molecule has 0 aliphatic heterocycles. The summed E-state index contributed by atoms with van der Waals surface area (Å²) >= 11 is 0. The molecule has 0 unspecified atom stereocenters. The maximum absolute atomic E-state index is 12.0. The topological polar surface area (TPSA) is 58.2 Å². The monoisotopic (exact) mass is 262 g/mol. The third-order valence-corrected chi connectivity index (χ3v) is 3.08. The molecule has 0 saturated carbocycles. The van der Waals surface area contributed by atoms with Crippen LogP contribution < -0.4 is 10.6 Å². The van der Waals surface area contributed by atoms with Gasteiger partial charge in [0, 0.05) is 24.6 Å². The van der Waals surface area contributed by atoms with Crippen LogP contribution in [-0.4, -0.2) is 24.9 Å². The number of hydrogen-bond donors (Lipinski definition) is 2. The first-order chi connectivity index (χ1) is 8.93. The summed E-state index contributed by atoms with van der Waals surface area (Å²) in [6, 6.07) is 5.66. The summed E-state index contributed by atoms with van der Waals surface area (Å²) in [7, 11) is 0. The maximum Gasteiger partial charge on any atom is 0.251 e. The Morgan fingerprint density at radius 2 is 1.74 bits per heavy atom. The van der Waals surface area contributed by atoms with Crippen molar-refractivity contribution in [1.82, 2.24) is 10.6 Å². The quantitative estimate of drug-likeness (QED) is 0.795. The highest BCUT2D eigenvalue weighted by Crippen LogP contribution is 2.12. The molecule has 0 saturated heterocycles. The molecule has 4 heteroatoms. The first-order valence-electron chi connectivity index (χ1n) is 6.55. The molecule has 2 amide bonds. The molecule has 1 aromatic carbocycles. The predicted molar refractivity (Wildman–Crippen MR) is 76.1 cm³/mol. The Morgan fingerprint density at radius 3 is 2.37 bits per heavy atom. The van der Waals surface area contributed by atoms with Gasteiger partial charge in [-0.15, -0.1) is 0 Å². The fourth-order valence-corrected chi connectivity index (χ4v) is 1.66. The third-order valence-electron chi connectivity index (χ3n) is 3.08. The summed E-state index contributed by atoms with van der Waals surface area (Å²) < 4.78 is 0. The molecule has 0 fully saturated rings. The lowest BCUT2D eigenvalue weighted by Crippen LogP contribution is -2.36. The van der Waals surface area contributed by atoms with Crippen LogP contribution in [-0.2, 0) is 4.79 Å². The molecule has 0 aliphatic carbocycles. The summed E-state index contributed by atoms with van der Waals surface area (Å²) in [6.07, 6.45) is 0. The van der Waals surface area contributed by atoms with Crippen LogP contribution in [0, 0.1) is 19.8 Å². The molecule has 104 valence electrons. The van der Waals surface area contributed by atoms with Crippen molar-refractivity contribution in [3.8, 4) is 0 Å². The highest BCUT2D eigenvalue weighted by molar-refractivity contribution is 5.95. The van der Waals surface area contributed by atoms with Crippen LogP contribution in [0.4, 0.5) is 0 Å². The molecule has 0 radical (unpaired) electrons. The molecule has 0 aliphatic rings. The largest absolute Gasteiger partial charge is 0.354 e. The number of aryl methyl sites for hydroxylation is 1. The fraction of sp³-hybridized carbons (Fsp3) is 0.467. The van der Waals surface area contributed by atoms with Gasteiger partial charge in [0.25, 0.3) is 5.91 Å². The number of carbonyl (C=O) groups is 2. The van der Waals surface area contributed by atoms with E-state index in [0.717, 1.165) is 11.1 Å². The lowest BCUT2D eigenvalue weighted by atomic mass is 10.0. The van der Waals surface area contributed by atoms with Gasteiger partial charge in [0.1, 0.15) is 0 Å². The minimum atomic E-state index is -0.0972. The van der Waals surface area contributed by atoms with Gasteiger partial charge in [-0.1, -0.05) is 26.0 Å². The van der Waals surface area contributed by atoms with E-state index in [2.05, 4.69) is 10.6 Å². The molecule has 0 atom stereocenters. The third kappa shape index (κ3) is 4.39. The molecule has 0 aromatic heterocycles. The average Bonchev–Trinajstić information content (AvgIpc) is 2.37. The fourth-order valence-electron chi connectivity index (χ4n) is 1.66. The number of carbonyl (C=O) groups excluding carboxylic acids is 2. The summed E-state index contributed by atoms with van der Waals surface area (Å²) in [5, 5.41) is 5.57. The minimum absolute atomic E-state index is 0.000912. The SMILES string of the molecule is Cc1cccc(C(=O)NCCNC(=O)C(C)C)c1C. The van der Waals surface area contributed by atoms with Gasteiger partial charge in [-0.2, -0.15) is 0 Å². The van der Waals surface area contributed by atoms with Crippen LogP contribution in [0.25, 0.3) is 0 Å². The van der Waals surface area contributed by atoms with Crippen molar-refractivity contribution in [3.05, 3.63) is 34.9 Å². The van der Waals surface area contributed by atoms with E-state index in [1.165, 1.54) is 0 Å². The van der Waals surface area contributed by atoms with Crippen molar-refractivity contribution < 1.29 is 9.59 Å². The van der Waals surface area contributed by atoms with Crippen LogP contribution in [0.1, 0.15) is 35.3 Å². The van der Waals surface area contributed by atoms with Gasteiger partial charge in [-0.25, -0.2) is 0 Å². The lowest BCUT2D eigenvalue weighted by Gasteiger charge is -2.11. The Hall–Kier alpha value is -1.84. The van der Waals surface area contributed by atoms with Crippen LogP contribution in [0.2, 0.25) is 0 Å². The van der Waals surface area contributed by atoms with Crippen molar-refractivity contribution in [2.75, 3.05) is 13.1 Å². The van der Waals surface area contributed by atoms with E-state index in [-0.39, 0.29) is 17.7 Å². The Morgan fingerprint density at radius 1 is 1.11 bits per heavy atom. The molecule has 19 heavy (non-hydrogen) atoms. The average molecular weight is 262 g/mol. The zero-order chi connectivity index (χ0) is 14.4. The van der Waals surface area contributed by atoms with E-state index in [4.69, 9.17) is 0 Å². The Balaban J connectivity index is 2.44. The van der Waals surface area contributed by atoms with E-state index >= 15 is 0 Å². The molecule has 0 bridgehead atoms. The molecule has 0 heterocycles. The highest BCUT2D eigenvalue weighted by atomic mass is 16.2. The van der Waals surface area contributed by atoms with Gasteiger partial charge < -0.3 is 10.6 Å². The highest BCUT2D eigenvalue weighted by Gasteiger charge is 2.10. The van der Waals surface area contributed by atoms with Gasteiger partial charge >= 0.3 is 0 Å². The number of hydrogen-bond acceptors (Lipinski definition) is 2. The Bertz CT molecular complexity index is 467. The van der Waals surface area contributed by atoms with Crippen molar-refractivity contribution in [3.63, 3.8) is 0 Å². The van der Waals surface area contributed by atoms with Crippen LogP contribution in [0.5, 0.6) is 0 Å². The number of amides is 2. The van der Waals surface area contributed by atoms with Gasteiger partial charge in [0.05, 0.1) is 0 Å². The summed E-state index contributed by atoms with van der Waals surface area (Å²) in [5.74, 6) is -0.129. The molecule has 1 rings (SSSR count). The maximum atomic E-state index is 12.0. The van der Waals surface area contributed by atoms with Crippen LogP contribution in [0.3, 0.4) is 0 Å². The van der Waals surface area contributed by atoms with E-state index in [1.54, 1.807) is 0 Å². The normalized spacial score (nSPS) is 10.4. The van der Waals surface area contributed by atoms with Crippen molar-refractivity contribution in [2.45, 2.75) is 27.7 Å². The molecular formula is C15H22N2O2. The van der Waals surface area contributed by atoms with E-state index < -0.39 is 0 Å². The second kappa shape index (κ2) is 6.92. The second-order valence-corrected chi connectivity index (χ2v) is 4.95.